The average Bonchev–Trinajstić information content (AvgIpc) is 2.47. The zero-order chi connectivity index (χ0) is 9.42. The predicted molar refractivity (Wildman–Crippen MR) is 52.5 cm³/mol. The molecule has 0 unspecified atom stereocenters. The molecule has 0 aromatic carbocycles. The molecule has 0 bridgehead atoms. The molecule has 0 atom stereocenters. The highest BCUT2D eigenvalue weighted by Crippen LogP contribution is 2.15. The van der Waals surface area contributed by atoms with E-state index in [1.165, 1.54) is 5.69 Å². The second-order valence-corrected chi connectivity index (χ2v) is 4.01. The van der Waals surface area contributed by atoms with Crippen molar-refractivity contribution in [1.82, 2.24) is 14.5 Å². The standard InChI is InChI=1S/C10H17N3/c1-8(2)12-4-5-13-9(3)11-6-10(13)7-12/h6,8H,4-5,7H2,1-3H3. The number of nitrogens with zero attached hydrogens (tertiary/aromatic N) is 3. The van der Waals surface area contributed by atoms with Crippen molar-refractivity contribution in [1.29, 1.82) is 0 Å². The summed E-state index contributed by atoms with van der Waals surface area (Å²) in [5.74, 6) is 1.15. The first-order chi connectivity index (χ1) is 6.18. The summed E-state index contributed by atoms with van der Waals surface area (Å²) in [6.45, 7) is 9.88. The number of imidazole rings is 1. The SMILES string of the molecule is Cc1ncc2n1CCN(C(C)C)C2. The minimum Gasteiger partial charge on any atom is -0.330 e. The van der Waals surface area contributed by atoms with E-state index in [0.29, 0.717) is 6.04 Å². The maximum Gasteiger partial charge on any atom is 0.105 e. The van der Waals surface area contributed by atoms with Gasteiger partial charge >= 0.3 is 0 Å². The first kappa shape index (κ1) is 8.75. The molecule has 3 nitrogen and oxygen atoms in total. The quantitative estimate of drug-likeness (QED) is 0.650. The van der Waals surface area contributed by atoms with Crippen LogP contribution >= 0.6 is 0 Å². The van der Waals surface area contributed by atoms with Crippen molar-refractivity contribution in [3.63, 3.8) is 0 Å². The molecule has 2 rings (SSSR count). The van der Waals surface area contributed by atoms with Gasteiger partial charge in [0.1, 0.15) is 5.82 Å². The van der Waals surface area contributed by atoms with Gasteiger partial charge in [-0.2, -0.15) is 0 Å². The first-order valence-corrected chi connectivity index (χ1v) is 4.93. The summed E-state index contributed by atoms with van der Waals surface area (Å²) in [7, 11) is 0. The zero-order valence-corrected chi connectivity index (χ0v) is 8.62. The minimum atomic E-state index is 0.643. The van der Waals surface area contributed by atoms with E-state index in [2.05, 4.69) is 35.2 Å². The fourth-order valence-electron chi connectivity index (χ4n) is 1.90. The second kappa shape index (κ2) is 3.14. The van der Waals surface area contributed by atoms with Gasteiger partial charge in [-0.3, -0.25) is 4.90 Å². The van der Waals surface area contributed by atoms with E-state index in [1.807, 2.05) is 6.20 Å². The van der Waals surface area contributed by atoms with Crippen molar-refractivity contribution in [2.75, 3.05) is 6.54 Å². The van der Waals surface area contributed by atoms with Gasteiger partial charge < -0.3 is 4.57 Å². The molecule has 0 spiro atoms. The molecule has 72 valence electrons. The molecule has 0 saturated heterocycles. The van der Waals surface area contributed by atoms with E-state index in [9.17, 15) is 0 Å². The lowest BCUT2D eigenvalue weighted by Gasteiger charge is -2.31. The van der Waals surface area contributed by atoms with Crippen molar-refractivity contribution < 1.29 is 0 Å². The Kier molecular flexibility index (Phi) is 2.12. The van der Waals surface area contributed by atoms with Gasteiger partial charge in [-0.1, -0.05) is 0 Å². The molecule has 0 saturated carbocycles. The Morgan fingerprint density at radius 2 is 2.15 bits per heavy atom. The molecule has 0 aliphatic carbocycles. The molecule has 1 aliphatic heterocycles. The molecule has 0 N–H and O–H groups in total. The number of aryl methyl sites for hydroxylation is 1. The number of fused-ring (bicyclic) bond motifs is 1. The van der Waals surface area contributed by atoms with Gasteiger partial charge in [-0.25, -0.2) is 4.98 Å². The number of aromatic nitrogens is 2. The molecule has 2 heterocycles. The summed E-state index contributed by atoms with van der Waals surface area (Å²) in [5.41, 5.74) is 1.36. The Morgan fingerprint density at radius 1 is 1.38 bits per heavy atom. The van der Waals surface area contributed by atoms with Crippen LogP contribution in [0.5, 0.6) is 0 Å². The molecule has 1 aromatic heterocycles. The molecule has 1 aromatic rings. The van der Waals surface area contributed by atoms with Gasteiger partial charge in [0.15, 0.2) is 0 Å². The van der Waals surface area contributed by atoms with Crippen molar-refractivity contribution in [2.45, 2.75) is 39.9 Å². The Labute approximate surface area is 79.4 Å². The van der Waals surface area contributed by atoms with Crippen LogP contribution in [0.1, 0.15) is 25.4 Å². The molecule has 3 heteroatoms. The van der Waals surface area contributed by atoms with E-state index >= 15 is 0 Å². The van der Waals surface area contributed by atoms with E-state index in [4.69, 9.17) is 0 Å². The van der Waals surface area contributed by atoms with Crippen LogP contribution in [-0.2, 0) is 13.1 Å². The van der Waals surface area contributed by atoms with Crippen molar-refractivity contribution in [2.24, 2.45) is 0 Å². The summed E-state index contributed by atoms with van der Waals surface area (Å²) < 4.78 is 2.32. The van der Waals surface area contributed by atoms with Crippen LogP contribution in [0.3, 0.4) is 0 Å². The lowest BCUT2D eigenvalue weighted by atomic mass is 10.2. The summed E-state index contributed by atoms with van der Waals surface area (Å²) >= 11 is 0. The van der Waals surface area contributed by atoms with Crippen LogP contribution in [0.2, 0.25) is 0 Å². The number of hydrogen-bond donors (Lipinski definition) is 0. The molecule has 0 amide bonds. The zero-order valence-electron chi connectivity index (χ0n) is 8.62. The van der Waals surface area contributed by atoms with Gasteiger partial charge in [0.05, 0.1) is 5.69 Å². The minimum absolute atomic E-state index is 0.643. The van der Waals surface area contributed by atoms with Crippen LogP contribution < -0.4 is 0 Å². The summed E-state index contributed by atoms with van der Waals surface area (Å²) in [5, 5.41) is 0. The maximum atomic E-state index is 4.33. The van der Waals surface area contributed by atoms with Gasteiger partial charge in [0.2, 0.25) is 0 Å². The largest absolute Gasteiger partial charge is 0.330 e. The number of hydrogen-bond acceptors (Lipinski definition) is 2. The van der Waals surface area contributed by atoms with E-state index < -0.39 is 0 Å². The average molecular weight is 179 g/mol. The van der Waals surface area contributed by atoms with Crippen LogP contribution in [-0.4, -0.2) is 27.0 Å². The highest BCUT2D eigenvalue weighted by atomic mass is 15.2. The third-order valence-corrected chi connectivity index (χ3v) is 2.84. The third kappa shape index (κ3) is 1.48. The maximum absolute atomic E-state index is 4.33. The molecular weight excluding hydrogens is 162 g/mol. The normalized spacial score (nSPS) is 17.8. The lowest BCUT2D eigenvalue weighted by molar-refractivity contribution is 0.176. The van der Waals surface area contributed by atoms with E-state index in [0.717, 1.165) is 25.5 Å². The predicted octanol–water partition coefficient (Wildman–Crippen LogP) is 1.42. The van der Waals surface area contributed by atoms with Crippen LogP contribution in [0.15, 0.2) is 6.20 Å². The molecule has 0 fully saturated rings. The Morgan fingerprint density at radius 3 is 2.85 bits per heavy atom. The third-order valence-electron chi connectivity index (χ3n) is 2.84. The topological polar surface area (TPSA) is 21.1 Å². The second-order valence-electron chi connectivity index (χ2n) is 4.01. The van der Waals surface area contributed by atoms with Gasteiger partial charge in [-0.05, 0) is 20.8 Å². The van der Waals surface area contributed by atoms with E-state index in [-0.39, 0.29) is 0 Å². The molecular formula is C10H17N3. The Hall–Kier alpha value is -0.830. The molecule has 0 radical (unpaired) electrons. The fourth-order valence-corrected chi connectivity index (χ4v) is 1.90. The van der Waals surface area contributed by atoms with Crippen molar-refractivity contribution in [3.05, 3.63) is 17.7 Å². The van der Waals surface area contributed by atoms with E-state index in [1.54, 1.807) is 0 Å². The summed E-state index contributed by atoms with van der Waals surface area (Å²) in [6.07, 6.45) is 2.00. The van der Waals surface area contributed by atoms with Gasteiger partial charge in [0, 0.05) is 31.9 Å². The first-order valence-electron chi connectivity index (χ1n) is 4.93. The van der Waals surface area contributed by atoms with Crippen LogP contribution in [0, 0.1) is 6.92 Å². The Balaban J connectivity index is 2.21. The monoisotopic (exact) mass is 179 g/mol. The molecule has 1 aliphatic rings. The Bertz CT molecular complexity index is 301. The summed E-state index contributed by atoms with van der Waals surface area (Å²) in [6, 6.07) is 0.643. The molecule has 13 heavy (non-hydrogen) atoms. The van der Waals surface area contributed by atoms with Crippen LogP contribution in [0.25, 0.3) is 0 Å². The lowest BCUT2D eigenvalue weighted by Crippen LogP contribution is -2.38. The smallest absolute Gasteiger partial charge is 0.105 e. The fraction of sp³-hybridized carbons (Fsp3) is 0.700. The number of rotatable bonds is 1. The van der Waals surface area contributed by atoms with Gasteiger partial charge in [0.25, 0.3) is 0 Å². The summed E-state index contributed by atoms with van der Waals surface area (Å²) in [4.78, 5) is 6.81. The van der Waals surface area contributed by atoms with Crippen molar-refractivity contribution >= 4 is 0 Å². The van der Waals surface area contributed by atoms with Gasteiger partial charge in [-0.15, -0.1) is 0 Å². The van der Waals surface area contributed by atoms with Crippen LogP contribution in [0.4, 0.5) is 0 Å². The van der Waals surface area contributed by atoms with Crippen molar-refractivity contribution in [3.8, 4) is 0 Å². The highest BCUT2D eigenvalue weighted by Gasteiger charge is 2.19. The highest BCUT2D eigenvalue weighted by molar-refractivity contribution is 5.06.